The summed E-state index contributed by atoms with van der Waals surface area (Å²) in [6.45, 7) is 1.32. The summed E-state index contributed by atoms with van der Waals surface area (Å²) in [5, 5.41) is 8.73. The van der Waals surface area contributed by atoms with Crippen LogP contribution in [0.1, 0.15) is 19.3 Å². The fourth-order valence-corrected chi connectivity index (χ4v) is 2.19. The minimum absolute atomic E-state index is 0.0162. The summed E-state index contributed by atoms with van der Waals surface area (Å²) >= 11 is 0. The Kier molecular flexibility index (Phi) is 2.65. The van der Waals surface area contributed by atoms with Gasteiger partial charge in [0.15, 0.2) is 0 Å². The van der Waals surface area contributed by atoms with Crippen molar-refractivity contribution in [2.45, 2.75) is 25.3 Å². The number of hydrogen-bond acceptors (Lipinski definition) is 3. The Morgan fingerprint density at radius 1 is 1.33 bits per heavy atom. The van der Waals surface area contributed by atoms with Crippen molar-refractivity contribution in [3.63, 3.8) is 0 Å². The third-order valence-corrected chi connectivity index (χ3v) is 3.19. The standard InChI is InChI=1S/C10H16N2O3/c11-6-2-1-3-12(5-6)9(13)7-4-8(7)10(14)15/h6-8H,1-5,11H2,(H,14,15)/t6?,7-,8+/m1/s1. The van der Waals surface area contributed by atoms with Crippen LogP contribution in [0.5, 0.6) is 0 Å². The number of nitrogens with two attached hydrogens (primary N) is 1. The van der Waals surface area contributed by atoms with Crippen LogP contribution in [-0.4, -0.2) is 41.0 Å². The van der Waals surface area contributed by atoms with E-state index >= 15 is 0 Å². The van der Waals surface area contributed by atoms with Gasteiger partial charge in [-0.15, -0.1) is 0 Å². The first-order chi connectivity index (χ1) is 7.09. The van der Waals surface area contributed by atoms with Crippen molar-refractivity contribution in [1.82, 2.24) is 4.90 Å². The highest BCUT2D eigenvalue weighted by Gasteiger charge is 2.50. The van der Waals surface area contributed by atoms with E-state index in [0.717, 1.165) is 19.4 Å². The van der Waals surface area contributed by atoms with Crippen LogP contribution in [0, 0.1) is 11.8 Å². The molecule has 2 fully saturated rings. The molecule has 0 spiro atoms. The normalized spacial score (nSPS) is 35.0. The van der Waals surface area contributed by atoms with E-state index < -0.39 is 11.9 Å². The molecule has 0 bridgehead atoms. The van der Waals surface area contributed by atoms with E-state index in [2.05, 4.69) is 0 Å². The predicted molar refractivity (Wildman–Crippen MR) is 53.0 cm³/mol. The summed E-state index contributed by atoms with van der Waals surface area (Å²) < 4.78 is 0. The van der Waals surface area contributed by atoms with Crippen molar-refractivity contribution in [2.75, 3.05) is 13.1 Å². The molecule has 0 radical (unpaired) electrons. The zero-order valence-electron chi connectivity index (χ0n) is 8.56. The molecule has 1 saturated carbocycles. The number of hydrogen-bond donors (Lipinski definition) is 2. The molecule has 0 aromatic heterocycles. The molecule has 3 atom stereocenters. The molecule has 3 N–H and O–H groups in total. The molecule has 1 aliphatic heterocycles. The summed E-state index contributed by atoms with van der Waals surface area (Å²) in [4.78, 5) is 24.2. The number of nitrogens with zero attached hydrogens (tertiary/aromatic N) is 1. The molecular formula is C10H16N2O3. The second-order valence-corrected chi connectivity index (χ2v) is 4.47. The molecule has 15 heavy (non-hydrogen) atoms. The van der Waals surface area contributed by atoms with E-state index in [4.69, 9.17) is 10.8 Å². The molecule has 5 heteroatoms. The van der Waals surface area contributed by atoms with Crippen molar-refractivity contribution in [2.24, 2.45) is 17.6 Å². The van der Waals surface area contributed by atoms with Crippen molar-refractivity contribution in [3.8, 4) is 0 Å². The van der Waals surface area contributed by atoms with E-state index in [1.54, 1.807) is 4.90 Å². The minimum atomic E-state index is -0.852. The van der Waals surface area contributed by atoms with Crippen LogP contribution in [0.3, 0.4) is 0 Å². The van der Waals surface area contributed by atoms with Gasteiger partial charge in [0.1, 0.15) is 0 Å². The minimum Gasteiger partial charge on any atom is -0.481 e. The molecule has 84 valence electrons. The Labute approximate surface area is 88.2 Å². The number of carboxylic acids is 1. The van der Waals surface area contributed by atoms with Crippen LogP contribution in [-0.2, 0) is 9.59 Å². The van der Waals surface area contributed by atoms with Gasteiger partial charge in [-0.25, -0.2) is 0 Å². The van der Waals surface area contributed by atoms with Crippen LogP contribution in [0.25, 0.3) is 0 Å². The first-order valence-corrected chi connectivity index (χ1v) is 5.36. The van der Waals surface area contributed by atoms with Crippen molar-refractivity contribution in [3.05, 3.63) is 0 Å². The number of piperidine rings is 1. The topological polar surface area (TPSA) is 83.6 Å². The monoisotopic (exact) mass is 212 g/mol. The number of carboxylic acid groups (broad SMARTS) is 1. The van der Waals surface area contributed by atoms with Gasteiger partial charge in [0.2, 0.25) is 5.91 Å². The van der Waals surface area contributed by atoms with Gasteiger partial charge in [0, 0.05) is 19.1 Å². The largest absolute Gasteiger partial charge is 0.481 e. The highest BCUT2D eigenvalue weighted by atomic mass is 16.4. The van der Waals surface area contributed by atoms with Crippen LogP contribution in [0.4, 0.5) is 0 Å². The molecule has 0 aromatic rings. The van der Waals surface area contributed by atoms with Crippen LogP contribution in [0.2, 0.25) is 0 Å². The molecule has 1 saturated heterocycles. The molecule has 1 amide bonds. The number of rotatable bonds is 2. The zero-order valence-corrected chi connectivity index (χ0v) is 8.56. The first-order valence-electron chi connectivity index (χ1n) is 5.36. The molecule has 1 heterocycles. The zero-order chi connectivity index (χ0) is 11.0. The van der Waals surface area contributed by atoms with Crippen LogP contribution < -0.4 is 5.73 Å². The van der Waals surface area contributed by atoms with Gasteiger partial charge in [0.25, 0.3) is 0 Å². The number of amides is 1. The lowest BCUT2D eigenvalue weighted by Crippen LogP contribution is -2.46. The Hall–Kier alpha value is -1.10. The summed E-state index contributed by atoms with van der Waals surface area (Å²) in [6, 6.07) is 0.0599. The van der Waals surface area contributed by atoms with Gasteiger partial charge in [-0.1, -0.05) is 0 Å². The average Bonchev–Trinajstić information content (AvgIpc) is 2.96. The van der Waals surface area contributed by atoms with Gasteiger partial charge in [0.05, 0.1) is 11.8 Å². The highest BCUT2D eigenvalue weighted by Crippen LogP contribution is 2.40. The summed E-state index contributed by atoms with van der Waals surface area (Å²) in [6.07, 6.45) is 2.38. The maximum absolute atomic E-state index is 11.8. The Morgan fingerprint density at radius 2 is 2.07 bits per heavy atom. The molecule has 0 aromatic carbocycles. The Morgan fingerprint density at radius 3 is 2.60 bits per heavy atom. The van der Waals surface area contributed by atoms with Gasteiger partial charge in [-0.2, -0.15) is 0 Å². The van der Waals surface area contributed by atoms with E-state index in [-0.39, 0.29) is 17.9 Å². The Bertz CT molecular complexity index is 292. The third-order valence-electron chi connectivity index (χ3n) is 3.19. The lowest BCUT2D eigenvalue weighted by molar-refractivity contribution is -0.142. The second-order valence-electron chi connectivity index (χ2n) is 4.47. The second kappa shape index (κ2) is 3.81. The summed E-state index contributed by atoms with van der Waals surface area (Å²) in [5.41, 5.74) is 5.77. The van der Waals surface area contributed by atoms with Crippen LogP contribution in [0.15, 0.2) is 0 Å². The fourth-order valence-electron chi connectivity index (χ4n) is 2.19. The van der Waals surface area contributed by atoms with E-state index in [1.165, 1.54) is 0 Å². The van der Waals surface area contributed by atoms with E-state index in [9.17, 15) is 9.59 Å². The smallest absolute Gasteiger partial charge is 0.307 e. The SMILES string of the molecule is NC1CCCN(C(=O)[C@@H]2C[C@@H]2C(=O)O)C1. The summed E-state index contributed by atoms with van der Waals surface area (Å²) in [7, 11) is 0. The molecule has 2 rings (SSSR count). The van der Waals surface area contributed by atoms with Gasteiger partial charge in [-0.05, 0) is 19.3 Å². The van der Waals surface area contributed by atoms with Gasteiger partial charge in [-0.3, -0.25) is 9.59 Å². The van der Waals surface area contributed by atoms with E-state index in [0.29, 0.717) is 13.0 Å². The number of carbonyl (C=O) groups excluding carboxylic acids is 1. The fraction of sp³-hybridized carbons (Fsp3) is 0.800. The number of aliphatic carboxylic acids is 1. The predicted octanol–water partition coefficient (Wildman–Crippen LogP) is -0.343. The quantitative estimate of drug-likeness (QED) is 0.655. The van der Waals surface area contributed by atoms with Crippen molar-refractivity contribution in [1.29, 1.82) is 0 Å². The molecule has 5 nitrogen and oxygen atoms in total. The van der Waals surface area contributed by atoms with Gasteiger partial charge < -0.3 is 15.7 Å². The average molecular weight is 212 g/mol. The maximum atomic E-state index is 11.8. The molecule has 1 aliphatic carbocycles. The van der Waals surface area contributed by atoms with Crippen LogP contribution >= 0.6 is 0 Å². The first kappa shape index (κ1) is 10.4. The Balaban J connectivity index is 1.89. The number of carbonyl (C=O) groups is 2. The number of likely N-dealkylation sites (tertiary alicyclic amines) is 1. The molecular weight excluding hydrogens is 196 g/mol. The highest BCUT2D eigenvalue weighted by molar-refractivity contribution is 5.89. The molecule has 1 unspecified atom stereocenters. The summed E-state index contributed by atoms with van der Waals surface area (Å²) in [5.74, 6) is -1.60. The molecule has 2 aliphatic rings. The lowest BCUT2D eigenvalue weighted by atomic mass is 10.1. The maximum Gasteiger partial charge on any atom is 0.307 e. The van der Waals surface area contributed by atoms with Crippen molar-refractivity contribution >= 4 is 11.9 Å². The van der Waals surface area contributed by atoms with E-state index in [1.807, 2.05) is 0 Å². The lowest BCUT2D eigenvalue weighted by Gasteiger charge is -2.30. The third kappa shape index (κ3) is 2.12. The van der Waals surface area contributed by atoms with Gasteiger partial charge >= 0.3 is 5.97 Å². The van der Waals surface area contributed by atoms with Crippen molar-refractivity contribution < 1.29 is 14.7 Å².